The van der Waals surface area contributed by atoms with Gasteiger partial charge in [0.1, 0.15) is 0 Å². The Kier molecular flexibility index (Phi) is 6.97. The lowest BCUT2D eigenvalue weighted by atomic mass is 10.1. The molecular weight excluding hydrogens is 278 g/mol. The molecule has 3 nitrogen and oxygen atoms in total. The van der Waals surface area contributed by atoms with Gasteiger partial charge in [-0.15, -0.1) is 11.3 Å². The Hall–Kier alpha value is -0.610. The van der Waals surface area contributed by atoms with E-state index in [0.29, 0.717) is 5.92 Å². The van der Waals surface area contributed by atoms with Crippen LogP contribution in [0, 0.1) is 5.92 Å². The van der Waals surface area contributed by atoms with E-state index >= 15 is 0 Å². The average Bonchev–Trinajstić information content (AvgIpc) is 2.81. The first-order valence-electron chi connectivity index (χ1n) is 8.65. The fraction of sp³-hybridized carbons (Fsp3) is 0.824. The van der Waals surface area contributed by atoms with Crippen molar-refractivity contribution in [3.05, 3.63) is 10.6 Å². The van der Waals surface area contributed by atoms with Crippen LogP contribution in [0.2, 0.25) is 0 Å². The number of thiazole rings is 1. The zero-order chi connectivity index (χ0) is 15.1. The van der Waals surface area contributed by atoms with Gasteiger partial charge >= 0.3 is 0 Å². The van der Waals surface area contributed by atoms with Crippen LogP contribution in [-0.2, 0) is 13.0 Å². The largest absolute Gasteiger partial charge is 0.348 e. The monoisotopic (exact) mass is 309 g/mol. The molecule has 4 heteroatoms. The van der Waals surface area contributed by atoms with Gasteiger partial charge in [0.25, 0.3) is 0 Å². The Labute approximate surface area is 134 Å². The molecule has 0 bridgehead atoms. The normalized spacial score (nSPS) is 17.0. The number of hydrogen-bond donors (Lipinski definition) is 1. The average molecular weight is 310 g/mol. The van der Waals surface area contributed by atoms with Crippen LogP contribution in [0.25, 0.3) is 0 Å². The Bertz CT molecular complexity index is 406. The number of rotatable bonds is 6. The van der Waals surface area contributed by atoms with Crippen LogP contribution in [0.15, 0.2) is 0 Å². The summed E-state index contributed by atoms with van der Waals surface area (Å²) in [4.78, 5) is 8.89. The van der Waals surface area contributed by atoms with Crippen molar-refractivity contribution in [1.82, 2.24) is 10.3 Å². The molecule has 1 N–H and O–H groups in total. The molecule has 0 saturated carbocycles. The van der Waals surface area contributed by atoms with Gasteiger partial charge in [0.15, 0.2) is 5.13 Å². The minimum absolute atomic E-state index is 0.705. The van der Waals surface area contributed by atoms with Gasteiger partial charge in [-0.25, -0.2) is 4.98 Å². The topological polar surface area (TPSA) is 28.2 Å². The highest BCUT2D eigenvalue weighted by molar-refractivity contribution is 7.15. The van der Waals surface area contributed by atoms with Crippen molar-refractivity contribution >= 4 is 16.5 Å². The van der Waals surface area contributed by atoms with Gasteiger partial charge in [0, 0.05) is 24.5 Å². The number of nitrogens with one attached hydrogen (secondary N) is 1. The molecule has 0 amide bonds. The summed E-state index contributed by atoms with van der Waals surface area (Å²) in [5.74, 6) is 0.705. The van der Waals surface area contributed by atoms with Crippen LogP contribution in [0.4, 0.5) is 5.13 Å². The van der Waals surface area contributed by atoms with Gasteiger partial charge in [-0.2, -0.15) is 0 Å². The van der Waals surface area contributed by atoms with Gasteiger partial charge in [0.05, 0.1) is 5.69 Å². The van der Waals surface area contributed by atoms with E-state index in [1.54, 1.807) is 0 Å². The molecule has 0 aliphatic carbocycles. The summed E-state index contributed by atoms with van der Waals surface area (Å²) in [5.41, 5.74) is 1.30. The lowest BCUT2D eigenvalue weighted by molar-refractivity contribution is 0.553. The Morgan fingerprint density at radius 2 is 1.81 bits per heavy atom. The molecule has 1 saturated heterocycles. The first-order valence-corrected chi connectivity index (χ1v) is 9.46. The van der Waals surface area contributed by atoms with Crippen LogP contribution in [0.3, 0.4) is 0 Å². The zero-order valence-electron chi connectivity index (χ0n) is 14.0. The molecule has 0 atom stereocenters. The van der Waals surface area contributed by atoms with E-state index in [0.717, 1.165) is 19.5 Å². The highest BCUT2D eigenvalue weighted by atomic mass is 32.1. The summed E-state index contributed by atoms with van der Waals surface area (Å²) in [7, 11) is 0. The van der Waals surface area contributed by atoms with Crippen molar-refractivity contribution in [3.8, 4) is 0 Å². The van der Waals surface area contributed by atoms with Crippen LogP contribution in [0.5, 0.6) is 0 Å². The molecular formula is C17H31N3S. The van der Waals surface area contributed by atoms with Crippen molar-refractivity contribution in [2.45, 2.75) is 65.8 Å². The number of nitrogens with zero attached hydrogens (tertiary/aromatic N) is 2. The number of hydrogen-bond acceptors (Lipinski definition) is 4. The number of aryl methyl sites for hydroxylation is 1. The minimum Gasteiger partial charge on any atom is -0.348 e. The maximum Gasteiger partial charge on any atom is 0.185 e. The fourth-order valence-corrected chi connectivity index (χ4v) is 4.00. The van der Waals surface area contributed by atoms with Crippen LogP contribution >= 0.6 is 11.3 Å². The molecule has 120 valence electrons. The minimum atomic E-state index is 0.705. The van der Waals surface area contributed by atoms with Crippen molar-refractivity contribution in [2.75, 3.05) is 24.5 Å². The molecule has 0 spiro atoms. The Morgan fingerprint density at radius 3 is 2.43 bits per heavy atom. The van der Waals surface area contributed by atoms with E-state index in [4.69, 9.17) is 4.98 Å². The van der Waals surface area contributed by atoms with Gasteiger partial charge in [-0.1, -0.05) is 40.0 Å². The predicted molar refractivity (Wildman–Crippen MR) is 93.3 cm³/mol. The molecule has 0 unspecified atom stereocenters. The summed E-state index contributed by atoms with van der Waals surface area (Å²) in [6.45, 7) is 11.2. The van der Waals surface area contributed by atoms with Crippen LogP contribution < -0.4 is 10.2 Å². The van der Waals surface area contributed by atoms with E-state index in [9.17, 15) is 0 Å². The molecule has 21 heavy (non-hydrogen) atoms. The Balaban J connectivity index is 2.00. The van der Waals surface area contributed by atoms with Crippen LogP contribution in [0.1, 0.15) is 63.4 Å². The molecule has 1 aliphatic heterocycles. The molecule has 1 aromatic heterocycles. The van der Waals surface area contributed by atoms with E-state index in [-0.39, 0.29) is 0 Å². The van der Waals surface area contributed by atoms with Gasteiger partial charge in [-0.05, 0) is 31.7 Å². The predicted octanol–water partition coefficient (Wildman–Crippen LogP) is 4.22. The van der Waals surface area contributed by atoms with Gasteiger partial charge in [-0.3, -0.25) is 0 Å². The smallest absolute Gasteiger partial charge is 0.185 e. The second kappa shape index (κ2) is 8.74. The Morgan fingerprint density at radius 1 is 1.14 bits per heavy atom. The summed E-state index contributed by atoms with van der Waals surface area (Å²) >= 11 is 1.91. The van der Waals surface area contributed by atoms with Crippen molar-refractivity contribution < 1.29 is 0 Å². The third-order valence-corrected chi connectivity index (χ3v) is 5.22. The third-order valence-electron chi connectivity index (χ3n) is 4.07. The van der Waals surface area contributed by atoms with Crippen molar-refractivity contribution in [2.24, 2.45) is 5.92 Å². The number of anilines is 1. The second-order valence-electron chi connectivity index (χ2n) is 6.50. The van der Waals surface area contributed by atoms with E-state index in [1.807, 2.05) is 11.3 Å². The first kappa shape index (κ1) is 16.8. The highest BCUT2D eigenvalue weighted by Crippen LogP contribution is 2.28. The summed E-state index contributed by atoms with van der Waals surface area (Å²) in [5, 5.41) is 4.83. The van der Waals surface area contributed by atoms with E-state index in [2.05, 4.69) is 31.0 Å². The maximum absolute atomic E-state index is 4.93. The summed E-state index contributed by atoms with van der Waals surface area (Å²) in [6.07, 6.45) is 7.86. The fourth-order valence-electron chi connectivity index (χ4n) is 2.83. The molecule has 0 aromatic carbocycles. The molecule has 0 radical (unpaired) electrons. The van der Waals surface area contributed by atoms with Crippen molar-refractivity contribution in [3.63, 3.8) is 0 Å². The van der Waals surface area contributed by atoms with E-state index in [1.165, 1.54) is 60.9 Å². The second-order valence-corrected chi connectivity index (χ2v) is 7.56. The molecule has 1 aliphatic rings. The van der Waals surface area contributed by atoms with Gasteiger partial charge < -0.3 is 10.2 Å². The number of aromatic nitrogens is 1. The first-order chi connectivity index (χ1) is 10.2. The third kappa shape index (κ3) is 5.26. The molecule has 2 heterocycles. The lowest BCUT2D eigenvalue weighted by Gasteiger charge is -2.23. The molecule has 1 fully saturated rings. The summed E-state index contributed by atoms with van der Waals surface area (Å²) in [6, 6.07) is 0. The molecule has 2 rings (SSSR count). The maximum atomic E-state index is 4.93. The van der Waals surface area contributed by atoms with Crippen LogP contribution in [-0.4, -0.2) is 24.6 Å². The van der Waals surface area contributed by atoms with Gasteiger partial charge in [0.2, 0.25) is 0 Å². The van der Waals surface area contributed by atoms with Crippen molar-refractivity contribution in [1.29, 1.82) is 0 Å². The SMILES string of the molecule is CCc1nc(N2CCCCCCC2)sc1CNCC(C)C. The zero-order valence-corrected chi connectivity index (χ0v) is 14.8. The summed E-state index contributed by atoms with van der Waals surface area (Å²) < 4.78 is 0. The lowest BCUT2D eigenvalue weighted by Crippen LogP contribution is -2.26. The standard InChI is InChI=1S/C17H31N3S/c1-4-15-16(13-18-12-14(2)3)21-17(19-15)20-10-8-6-5-7-9-11-20/h14,18H,4-13H2,1-3H3. The van der Waals surface area contributed by atoms with E-state index < -0.39 is 0 Å². The highest BCUT2D eigenvalue weighted by Gasteiger charge is 2.16. The quantitative estimate of drug-likeness (QED) is 0.852. The molecule has 1 aromatic rings.